The van der Waals surface area contributed by atoms with Crippen molar-refractivity contribution in [2.75, 3.05) is 14.2 Å². The SMILES string of the molecule is COC(=O)c1ccc(CN(C)Cc2cnn(-c3ccccc3)c2)o1. The average Bonchev–Trinajstić information content (AvgIpc) is 3.24. The summed E-state index contributed by atoms with van der Waals surface area (Å²) in [5.41, 5.74) is 2.13. The standard InChI is InChI=1S/C18H19N3O3/c1-20(13-16-8-9-17(24-16)18(22)23-2)11-14-10-19-21(12-14)15-6-4-3-5-7-15/h3-10,12H,11,13H2,1-2H3. The highest BCUT2D eigenvalue weighted by atomic mass is 16.5. The second-order valence-corrected chi connectivity index (χ2v) is 5.56. The van der Waals surface area contributed by atoms with Gasteiger partial charge in [0.15, 0.2) is 0 Å². The monoisotopic (exact) mass is 325 g/mol. The van der Waals surface area contributed by atoms with E-state index >= 15 is 0 Å². The van der Waals surface area contributed by atoms with Gasteiger partial charge in [-0.15, -0.1) is 0 Å². The van der Waals surface area contributed by atoms with Crippen molar-refractivity contribution in [3.63, 3.8) is 0 Å². The lowest BCUT2D eigenvalue weighted by Gasteiger charge is -2.13. The molecular formula is C18H19N3O3. The van der Waals surface area contributed by atoms with Crippen LogP contribution >= 0.6 is 0 Å². The molecule has 1 aromatic carbocycles. The van der Waals surface area contributed by atoms with Gasteiger partial charge in [-0.2, -0.15) is 5.10 Å². The van der Waals surface area contributed by atoms with Crippen LogP contribution in [0.25, 0.3) is 5.69 Å². The molecule has 0 saturated carbocycles. The van der Waals surface area contributed by atoms with Crippen molar-refractivity contribution >= 4 is 5.97 Å². The van der Waals surface area contributed by atoms with Crippen molar-refractivity contribution in [3.05, 3.63) is 71.9 Å². The number of carbonyl (C=O) groups is 1. The highest BCUT2D eigenvalue weighted by Crippen LogP contribution is 2.13. The molecule has 0 fully saturated rings. The predicted molar refractivity (Wildman–Crippen MR) is 88.8 cm³/mol. The maximum atomic E-state index is 11.4. The third-order valence-electron chi connectivity index (χ3n) is 3.58. The minimum Gasteiger partial charge on any atom is -0.463 e. The number of carbonyl (C=O) groups excluding carboxylic acids is 1. The Morgan fingerprint density at radius 3 is 2.75 bits per heavy atom. The molecule has 3 rings (SSSR count). The van der Waals surface area contributed by atoms with Crippen molar-refractivity contribution in [1.82, 2.24) is 14.7 Å². The lowest BCUT2D eigenvalue weighted by atomic mass is 10.3. The third-order valence-corrected chi connectivity index (χ3v) is 3.58. The molecule has 0 atom stereocenters. The van der Waals surface area contributed by atoms with E-state index in [4.69, 9.17) is 4.42 Å². The highest BCUT2D eigenvalue weighted by molar-refractivity contribution is 5.86. The summed E-state index contributed by atoms with van der Waals surface area (Å²) in [6.45, 7) is 1.31. The Labute approximate surface area is 140 Å². The zero-order chi connectivity index (χ0) is 16.9. The Kier molecular flexibility index (Phi) is 4.77. The van der Waals surface area contributed by atoms with Crippen molar-refractivity contribution in [2.45, 2.75) is 13.1 Å². The fraction of sp³-hybridized carbons (Fsp3) is 0.222. The Hall–Kier alpha value is -2.86. The van der Waals surface area contributed by atoms with E-state index in [1.54, 1.807) is 12.1 Å². The molecule has 0 unspecified atom stereocenters. The molecule has 0 bridgehead atoms. The molecule has 6 heteroatoms. The maximum absolute atomic E-state index is 11.4. The quantitative estimate of drug-likeness (QED) is 0.652. The highest BCUT2D eigenvalue weighted by Gasteiger charge is 2.12. The zero-order valence-electron chi connectivity index (χ0n) is 13.7. The van der Waals surface area contributed by atoms with Crippen molar-refractivity contribution in [1.29, 1.82) is 0 Å². The van der Waals surface area contributed by atoms with Crippen molar-refractivity contribution < 1.29 is 13.9 Å². The second kappa shape index (κ2) is 7.14. The smallest absolute Gasteiger partial charge is 0.373 e. The largest absolute Gasteiger partial charge is 0.463 e. The Balaban J connectivity index is 1.61. The molecule has 124 valence electrons. The van der Waals surface area contributed by atoms with Crippen molar-refractivity contribution in [2.24, 2.45) is 0 Å². The lowest BCUT2D eigenvalue weighted by molar-refractivity contribution is 0.0561. The number of hydrogen-bond acceptors (Lipinski definition) is 5. The van der Waals surface area contributed by atoms with Crippen LogP contribution in [0.4, 0.5) is 0 Å². The van der Waals surface area contributed by atoms with Gasteiger partial charge in [0.05, 0.1) is 25.5 Å². The van der Waals surface area contributed by atoms with E-state index in [1.165, 1.54) is 7.11 Å². The number of esters is 1. The summed E-state index contributed by atoms with van der Waals surface area (Å²) in [6, 6.07) is 13.4. The molecule has 6 nitrogen and oxygen atoms in total. The van der Waals surface area contributed by atoms with E-state index in [-0.39, 0.29) is 5.76 Å². The van der Waals surface area contributed by atoms with Crippen LogP contribution in [-0.4, -0.2) is 34.8 Å². The van der Waals surface area contributed by atoms with Crippen LogP contribution < -0.4 is 0 Å². The van der Waals surface area contributed by atoms with E-state index in [2.05, 4.69) is 14.7 Å². The Morgan fingerprint density at radius 2 is 2.00 bits per heavy atom. The molecule has 24 heavy (non-hydrogen) atoms. The molecule has 2 aromatic heterocycles. The summed E-state index contributed by atoms with van der Waals surface area (Å²) < 4.78 is 12.0. The van der Waals surface area contributed by atoms with Crippen LogP contribution in [0.1, 0.15) is 21.9 Å². The third kappa shape index (κ3) is 3.72. The summed E-state index contributed by atoms with van der Waals surface area (Å²) in [5.74, 6) is 0.471. The number of methoxy groups -OCH3 is 1. The summed E-state index contributed by atoms with van der Waals surface area (Å²) in [7, 11) is 3.32. The molecule has 0 spiro atoms. The summed E-state index contributed by atoms with van der Waals surface area (Å²) in [4.78, 5) is 13.5. The van der Waals surface area contributed by atoms with Crippen LogP contribution in [0.15, 0.2) is 59.3 Å². The first-order valence-corrected chi connectivity index (χ1v) is 7.60. The average molecular weight is 325 g/mol. The summed E-state index contributed by atoms with van der Waals surface area (Å²) >= 11 is 0. The molecule has 0 saturated heterocycles. The van der Waals surface area contributed by atoms with Crippen molar-refractivity contribution in [3.8, 4) is 5.69 Å². The molecule has 0 amide bonds. The van der Waals surface area contributed by atoms with E-state index in [9.17, 15) is 4.79 Å². The number of nitrogens with zero attached hydrogens (tertiary/aromatic N) is 3. The van der Waals surface area contributed by atoms with Crippen LogP contribution in [0.2, 0.25) is 0 Å². The minimum atomic E-state index is -0.465. The number of hydrogen-bond donors (Lipinski definition) is 0. The van der Waals surface area contributed by atoms with Gasteiger partial charge in [0.25, 0.3) is 0 Å². The Bertz CT molecular complexity index is 808. The van der Waals surface area contributed by atoms with Gasteiger partial charge in [0, 0.05) is 18.3 Å². The fourth-order valence-electron chi connectivity index (χ4n) is 2.47. The fourth-order valence-corrected chi connectivity index (χ4v) is 2.47. The van der Waals surface area contributed by atoms with Crippen LogP contribution in [0.3, 0.4) is 0 Å². The first-order chi connectivity index (χ1) is 11.7. The number of para-hydroxylation sites is 1. The van der Waals surface area contributed by atoms with E-state index in [0.29, 0.717) is 12.3 Å². The number of ether oxygens (including phenoxy) is 1. The van der Waals surface area contributed by atoms with Gasteiger partial charge < -0.3 is 9.15 Å². The first-order valence-electron chi connectivity index (χ1n) is 7.60. The van der Waals surface area contributed by atoms with Crippen LogP contribution in [-0.2, 0) is 17.8 Å². The molecule has 0 N–H and O–H groups in total. The summed E-state index contributed by atoms with van der Waals surface area (Å²) in [6.07, 6.45) is 3.86. The minimum absolute atomic E-state index is 0.220. The van der Waals surface area contributed by atoms with Crippen LogP contribution in [0.5, 0.6) is 0 Å². The molecule has 3 aromatic rings. The molecule has 0 aliphatic heterocycles. The lowest BCUT2D eigenvalue weighted by Crippen LogP contribution is -2.16. The zero-order valence-corrected chi connectivity index (χ0v) is 13.7. The van der Waals surface area contributed by atoms with E-state index in [1.807, 2.05) is 54.5 Å². The van der Waals surface area contributed by atoms with Gasteiger partial charge in [-0.25, -0.2) is 9.48 Å². The van der Waals surface area contributed by atoms with E-state index < -0.39 is 5.97 Å². The van der Waals surface area contributed by atoms with Gasteiger partial charge in [-0.05, 0) is 31.3 Å². The van der Waals surface area contributed by atoms with Gasteiger partial charge in [0.1, 0.15) is 5.76 Å². The Morgan fingerprint density at radius 1 is 1.21 bits per heavy atom. The molecular weight excluding hydrogens is 306 g/mol. The van der Waals surface area contributed by atoms with Gasteiger partial charge in [0.2, 0.25) is 5.76 Å². The predicted octanol–water partition coefficient (Wildman–Crippen LogP) is 2.88. The molecule has 0 radical (unpaired) electrons. The number of furan rings is 1. The van der Waals surface area contributed by atoms with E-state index in [0.717, 1.165) is 17.8 Å². The van der Waals surface area contributed by atoms with Gasteiger partial charge >= 0.3 is 5.97 Å². The molecule has 2 heterocycles. The van der Waals surface area contributed by atoms with Crippen LogP contribution in [0, 0.1) is 0 Å². The number of rotatable bonds is 6. The molecule has 0 aliphatic rings. The first kappa shape index (κ1) is 16.0. The second-order valence-electron chi connectivity index (χ2n) is 5.56. The maximum Gasteiger partial charge on any atom is 0.373 e. The topological polar surface area (TPSA) is 60.5 Å². The molecule has 0 aliphatic carbocycles. The van der Waals surface area contributed by atoms with Gasteiger partial charge in [-0.1, -0.05) is 18.2 Å². The van der Waals surface area contributed by atoms with Gasteiger partial charge in [-0.3, -0.25) is 4.90 Å². The number of aromatic nitrogens is 2. The summed E-state index contributed by atoms with van der Waals surface area (Å²) in [5, 5.41) is 4.39. The number of benzene rings is 1. The normalized spacial score (nSPS) is 11.0.